The van der Waals surface area contributed by atoms with Crippen LogP contribution < -0.4 is 14.8 Å². The lowest BCUT2D eigenvalue weighted by Crippen LogP contribution is -2.42. The van der Waals surface area contributed by atoms with Crippen LogP contribution in [0.15, 0.2) is 57.3 Å². The monoisotopic (exact) mass is 562 g/mol. The third-order valence-electron chi connectivity index (χ3n) is 6.58. The number of hydrogen-bond acceptors (Lipinski definition) is 8. The van der Waals surface area contributed by atoms with E-state index in [1.807, 2.05) is 13.8 Å². The Morgan fingerprint density at radius 2 is 1.87 bits per heavy atom. The molecular formula is C25H30N4O7S2. The van der Waals surface area contributed by atoms with Gasteiger partial charge in [0.25, 0.3) is 20.2 Å². The Morgan fingerprint density at radius 1 is 1.16 bits per heavy atom. The van der Waals surface area contributed by atoms with Crippen LogP contribution in [0.2, 0.25) is 0 Å². The van der Waals surface area contributed by atoms with Crippen molar-refractivity contribution in [3.8, 4) is 0 Å². The maximum absolute atomic E-state index is 13.9. The van der Waals surface area contributed by atoms with Gasteiger partial charge in [-0.15, -0.1) is 4.40 Å². The summed E-state index contributed by atoms with van der Waals surface area (Å²) in [6, 6.07) is 10.8. The molecule has 0 aromatic heterocycles. The second kappa shape index (κ2) is 10.1. The van der Waals surface area contributed by atoms with Crippen LogP contribution in [-0.2, 0) is 30.4 Å². The number of nitrogens with one attached hydrogen (secondary N) is 3. The van der Waals surface area contributed by atoms with Crippen molar-refractivity contribution in [2.24, 2.45) is 10.3 Å². The van der Waals surface area contributed by atoms with E-state index in [4.69, 9.17) is 5.11 Å². The molecule has 5 N–H and O–H groups in total. The first kappa shape index (κ1) is 27.8. The number of benzene rings is 2. The fraction of sp³-hybridized carbons (Fsp3) is 0.360. The fourth-order valence-corrected chi connectivity index (χ4v) is 6.58. The Morgan fingerprint density at radius 3 is 2.55 bits per heavy atom. The molecule has 1 atom stereocenters. The largest absolute Gasteiger partial charge is 0.506 e. The van der Waals surface area contributed by atoms with Gasteiger partial charge in [-0.1, -0.05) is 38.1 Å². The van der Waals surface area contributed by atoms with Crippen LogP contribution in [-0.4, -0.2) is 51.8 Å². The molecule has 1 heterocycles. The van der Waals surface area contributed by atoms with E-state index >= 15 is 0 Å². The summed E-state index contributed by atoms with van der Waals surface area (Å²) in [4.78, 5) is 13.6. The smallest absolute Gasteiger partial charge is 0.299 e. The number of rotatable bonds is 9. The molecule has 0 saturated heterocycles. The average Bonchev–Trinajstić information content (AvgIpc) is 2.85. The molecule has 11 nitrogen and oxygen atoms in total. The van der Waals surface area contributed by atoms with E-state index in [0.29, 0.717) is 23.5 Å². The lowest BCUT2D eigenvalue weighted by molar-refractivity contribution is -0.120. The molecule has 0 saturated carbocycles. The highest BCUT2D eigenvalue weighted by atomic mass is 32.2. The van der Waals surface area contributed by atoms with E-state index in [9.17, 15) is 26.7 Å². The molecule has 0 fully saturated rings. The highest BCUT2D eigenvalue weighted by Gasteiger charge is 2.46. The van der Waals surface area contributed by atoms with E-state index in [1.54, 1.807) is 31.2 Å². The maximum Gasteiger partial charge on any atom is 0.299 e. The lowest BCUT2D eigenvalue weighted by atomic mass is 9.66. The molecule has 1 aliphatic carbocycles. The van der Waals surface area contributed by atoms with Gasteiger partial charge >= 0.3 is 0 Å². The summed E-state index contributed by atoms with van der Waals surface area (Å²) in [6.45, 7) is 5.25. The number of nitrogens with zero attached hydrogens (tertiary/aromatic N) is 1. The van der Waals surface area contributed by atoms with Gasteiger partial charge in [0.05, 0.1) is 23.4 Å². The number of amidine groups is 1. The van der Waals surface area contributed by atoms with Crippen molar-refractivity contribution in [3.63, 3.8) is 0 Å². The zero-order valence-electron chi connectivity index (χ0n) is 21.1. The van der Waals surface area contributed by atoms with Gasteiger partial charge in [-0.2, -0.15) is 21.6 Å². The number of carbonyl (C=O) groups is 1. The van der Waals surface area contributed by atoms with E-state index in [1.165, 1.54) is 12.1 Å². The van der Waals surface area contributed by atoms with Gasteiger partial charge in [0.15, 0.2) is 11.6 Å². The number of sulfonamides is 1. The summed E-state index contributed by atoms with van der Waals surface area (Å²) in [6.07, 6.45) is 1.22. The number of aliphatic hydroxyl groups excluding tert-OH is 2. The first-order chi connectivity index (χ1) is 17.8. The lowest BCUT2D eigenvalue weighted by Gasteiger charge is -2.36. The predicted octanol–water partition coefficient (Wildman–Crippen LogP) is 2.68. The van der Waals surface area contributed by atoms with E-state index in [2.05, 4.69) is 19.2 Å². The molecule has 38 heavy (non-hydrogen) atoms. The molecule has 13 heteroatoms. The molecule has 2 aromatic carbocycles. The standard InChI is InChI=1S/C25H30N4O7S2/c1-15(2)10-11-25(3)18-7-5-4-6-17(18)22(31)21(23(25)32)24-27-19-9-8-16(14-20(19)37(33,34)29-24)28-38(35,36)26-12-13-30/h4-9,14-15,26,28,30-31H,10-13H2,1-3H3,(H,27,29). The molecule has 0 spiro atoms. The molecule has 4 rings (SSSR count). The Labute approximate surface area is 221 Å². The number of fused-ring (bicyclic) bond motifs is 2. The first-order valence-corrected chi connectivity index (χ1v) is 14.9. The van der Waals surface area contributed by atoms with Crippen molar-refractivity contribution in [1.82, 2.24) is 4.72 Å². The van der Waals surface area contributed by atoms with Crippen molar-refractivity contribution in [1.29, 1.82) is 0 Å². The summed E-state index contributed by atoms with van der Waals surface area (Å²) in [7, 11) is -8.44. The van der Waals surface area contributed by atoms with Crippen LogP contribution in [0, 0.1) is 5.92 Å². The molecular weight excluding hydrogens is 532 g/mol. The van der Waals surface area contributed by atoms with Crippen molar-refractivity contribution in [3.05, 3.63) is 59.2 Å². The van der Waals surface area contributed by atoms with Crippen molar-refractivity contribution in [2.75, 3.05) is 23.2 Å². The predicted molar refractivity (Wildman–Crippen MR) is 145 cm³/mol. The van der Waals surface area contributed by atoms with Crippen LogP contribution in [0.4, 0.5) is 11.4 Å². The molecule has 2 aromatic rings. The molecule has 2 aliphatic rings. The summed E-state index contributed by atoms with van der Waals surface area (Å²) in [5.74, 6) is -0.795. The molecule has 1 unspecified atom stereocenters. The quantitative estimate of drug-likeness (QED) is 0.310. The summed E-state index contributed by atoms with van der Waals surface area (Å²) in [5, 5.41) is 22.8. The van der Waals surface area contributed by atoms with Crippen molar-refractivity contribution < 1.29 is 31.8 Å². The Hall–Kier alpha value is -3.26. The summed E-state index contributed by atoms with van der Waals surface area (Å²) >= 11 is 0. The number of carbonyl (C=O) groups excluding carboxylic acids is 1. The number of Topliss-reactive ketones (excluding diaryl/α,β-unsaturated/α-hetero) is 1. The van der Waals surface area contributed by atoms with E-state index in [0.717, 1.165) is 12.5 Å². The average molecular weight is 563 g/mol. The van der Waals surface area contributed by atoms with Crippen LogP contribution in [0.1, 0.15) is 44.7 Å². The topological polar surface area (TPSA) is 174 Å². The van der Waals surface area contributed by atoms with Crippen molar-refractivity contribution >= 4 is 49.0 Å². The van der Waals surface area contributed by atoms with Gasteiger partial charge in [-0.05, 0) is 49.4 Å². The summed E-state index contributed by atoms with van der Waals surface area (Å²) < 4.78 is 58.6. The number of ketones is 1. The van der Waals surface area contributed by atoms with Crippen molar-refractivity contribution in [2.45, 2.75) is 43.9 Å². The third kappa shape index (κ3) is 5.19. The van der Waals surface area contributed by atoms with Crippen LogP contribution in [0.3, 0.4) is 0 Å². The second-order valence-corrected chi connectivity index (χ2v) is 12.9. The highest BCUT2D eigenvalue weighted by molar-refractivity contribution is 7.91. The van der Waals surface area contributed by atoms with Gasteiger partial charge < -0.3 is 15.5 Å². The van der Waals surface area contributed by atoms with Gasteiger partial charge in [-0.3, -0.25) is 9.52 Å². The zero-order valence-corrected chi connectivity index (χ0v) is 22.8. The Bertz CT molecular complexity index is 1560. The number of hydrogen-bond donors (Lipinski definition) is 5. The van der Waals surface area contributed by atoms with Crippen LogP contribution in [0.5, 0.6) is 0 Å². The van der Waals surface area contributed by atoms with E-state index < -0.39 is 38.0 Å². The van der Waals surface area contributed by atoms with E-state index in [-0.39, 0.29) is 40.0 Å². The minimum absolute atomic E-state index is 0.0517. The molecule has 1 aliphatic heterocycles. The van der Waals surface area contributed by atoms with Gasteiger partial charge in [0.1, 0.15) is 16.2 Å². The van der Waals surface area contributed by atoms with Gasteiger partial charge in [0, 0.05) is 12.1 Å². The van der Waals surface area contributed by atoms with Crippen LogP contribution in [0.25, 0.3) is 5.76 Å². The minimum atomic E-state index is -4.39. The zero-order chi connectivity index (χ0) is 27.9. The third-order valence-corrected chi connectivity index (χ3v) is 8.99. The summed E-state index contributed by atoms with van der Waals surface area (Å²) in [5.41, 5.74) is -0.122. The molecule has 0 bridgehead atoms. The minimum Gasteiger partial charge on any atom is -0.506 e. The first-order valence-electron chi connectivity index (χ1n) is 12.0. The molecule has 204 valence electrons. The number of aliphatic hydroxyl groups is 2. The Balaban J connectivity index is 1.76. The number of anilines is 2. The molecule has 0 amide bonds. The molecule has 0 radical (unpaired) electrons. The normalized spacial score (nSPS) is 20.4. The maximum atomic E-state index is 13.9. The fourth-order valence-electron chi connectivity index (χ4n) is 4.56. The van der Waals surface area contributed by atoms with Gasteiger partial charge in [-0.25, -0.2) is 0 Å². The van der Waals surface area contributed by atoms with Crippen LogP contribution >= 0.6 is 0 Å². The Kier molecular flexibility index (Phi) is 7.40. The SMILES string of the molecule is CC(C)CCC1(C)C(=O)C(C2=NS(=O)(=O)c3cc(NS(=O)(=O)NCCO)ccc3N2)=C(O)c2ccccc21. The highest BCUT2D eigenvalue weighted by Crippen LogP contribution is 2.44. The van der Waals surface area contributed by atoms with Gasteiger partial charge in [0.2, 0.25) is 0 Å². The second-order valence-electron chi connectivity index (χ2n) is 9.84.